The van der Waals surface area contributed by atoms with Crippen LogP contribution >= 0.6 is 0 Å². The number of aryl methyl sites for hydroxylation is 1. The molecule has 2 aromatic rings. The second-order valence-corrected chi connectivity index (χ2v) is 5.88. The lowest BCUT2D eigenvalue weighted by Crippen LogP contribution is -2.25. The summed E-state index contributed by atoms with van der Waals surface area (Å²) in [5.74, 6) is 0. The normalized spacial score (nSPS) is 13.8. The van der Waals surface area contributed by atoms with Crippen LogP contribution in [0.2, 0.25) is 0 Å². The fourth-order valence-electron chi connectivity index (χ4n) is 3.06. The second-order valence-electron chi connectivity index (χ2n) is 5.88. The lowest BCUT2D eigenvalue weighted by Gasteiger charge is -2.25. The maximum absolute atomic E-state index is 3.46. The van der Waals surface area contributed by atoms with Gasteiger partial charge in [-0.25, -0.2) is 0 Å². The Kier molecular flexibility index (Phi) is 4.26. The molecule has 1 heterocycles. The first-order chi connectivity index (χ1) is 10.3. The summed E-state index contributed by atoms with van der Waals surface area (Å²) in [5.41, 5.74) is 7.02. The number of hydrogen-bond acceptors (Lipinski definition) is 2. The van der Waals surface area contributed by atoms with Gasteiger partial charge in [0.25, 0.3) is 0 Å². The topological polar surface area (TPSA) is 15.3 Å². The lowest BCUT2D eigenvalue weighted by molar-refractivity contribution is 0.642. The average Bonchev–Trinajstić information content (AvgIpc) is 2.52. The molecule has 0 fully saturated rings. The van der Waals surface area contributed by atoms with Gasteiger partial charge >= 0.3 is 0 Å². The van der Waals surface area contributed by atoms with Crippen molar-refractivity contribution in [3.63, 3.8) is 0 Å². The molecule has 0 bridgehead atoms. The van der Waals surface area contributed by atoms with Crippen LogP contribution in [-0.2, 0) is 19.5 Å². The molecule has 0 aromatic heterocycles. The van der Waals surface area contributed by atoms with Crippen LogP contribution in [0.1, 0.15) is 29.2 Å². The first-order valence-corrected chi connectivity index (χ1v) is 7.89. The average molecular weight is 280 g/mol. The van der Waals surface area contributed by atoms with Crippen molar-refractivity contribution in [2.24, 2.45) is 0 Å². The van der Waals surface area contributed by atoms with Crippen molar-refractivity contribution >= 4 is 5.69 Å². The van der Waals surface area contributed by atoms with Gasteiger partial charge in [-0.2, -0.15) is 0 Å². The van der Waals surface area contributed by atoms with Crippen LogP contribution < -0.4 is 10.2 Å². The smallest absolute Gasteiger partial charge is 0.0429 e. The largest absolute Gasteiger partial charge is 0.367 e. The highest BCUT2D eigenvalue weighted by Gasteiger charge is 2.11. The van der Waals surface area contributed by atoms with Gasteiger partial charge in [0.2, 0.25) is 0 Å². The summed E-state index contributed by atoms with van der Waals surface area (Å²) in [7, 11) is 0. The number of anilines is 1. The van der Waals surface area contributed by atoms with E-state index in [2.05, 4.69) is 66.5 Å². The Morgan fingerprint density at radius 2 is 2.00 bits per heavy atom. The maximum atomic E-state index is 3.46. The summed E-state index contributed by atoms with van der Waals surface area (Å²) < 4.78 is 0. The quantitative estimate of drug-likeness (QED) is 0.919. The SMILES string of the molecule is CCN(Cc1ccc2c(c1)CNCC2)c1cccc(C)c1. The Morgan fingerprint density at radius 1 is 1.10 bits per heavy atom. The molecule has 2 heteroatoms. The molecular weight excluding hydrogens is 256 g/mol. The summed E-state index contributed by atoms with van der Waals surface area (Å²) in [6, 6.07) is 15.8. The molecule has 1 aliphatic rings. The Morgan fingerprint density at radius 3 is 2.81 bits per heavy atom. The van der Waals surface area contributed by atoms with E-state index in [0.29, 0.717) is 0 Å². The van der Waals surface area contributed by atoms with Gasteiger partial charge in [-0.3, -0.25) is 0 Å². The summed E-state index contributed by atoms with van der Waals surface area (Å²) in [6.45, 7) is 8.51. The van der Waals surface area contributed by atoms with E-state index in [-0.39, 0.29) is 0 Å². The van der Waals surface area contributed by atoms with Gasteiger partial charge in [0.05, 0.1) is 0 Å². The van der Waals surface area contributed by atoms with Crippen molar-refractivity contribution in [1.82, 2.24) is 5.32 Å². The standard InChI is InChI=1S/C19H24N2/c1-3-21(19-6-4-5-15(2)11-19)14-16-7-8-17-9-10-20-13-18(17)12-16/h4-8,11-12,20H,3,9-10,13-14H2,1-2H3. The van der Waals surface area contributed by atoms with E-state index in [1.165, 1.54) is 27.9 Å². The van der Waals surface area contributed by atoms with Crippen LogP contribution in [0.5, 0.6) is 0 Å². The Bertz CT molecular complexity index is 619. The van der Waals surface area contributed by atoms with Crippen LogP contribution in [-0.4, -0.2) is 13.1 Å². The molecule has 0 unspecified atom stereocenters. The number of hydrogen-bond donors (Lipinski definition) is 1. The molecule has 0 saturated heterocycles. The molecule has 2 nitrogen and oxygen atoms in total. The highest BCUT2D eigenvalue weighted by Crippen LogP contribution is 2.21. The molecule has 0 saturated carbocycles. The molecule has 0 atom stereocenters. The molecule has 0 amide bonds. The molecule has 1 aliphatic heterocycles. The molecule has 1 N–H and O–H groups in total. The van der Waals surface area contributed by atoms with Crippen molar-refractivity contribution in [2.45, 2.75) is 33.4 Å². The van der Waals surface area contributed by atoms with Crippen molar-refractivity contribution in [1.29, 1.82) is 0 Å². The van der Waals surface area contributed by atoms with Gasteiger partial charge in [0.1, 0.15) is 0 Å². The number of rotatable bonds is 4. The predicted octanol–water partition coefficient (Wildman–Crippen LogP) is 3.67. The Balaban J connectivity index is 1.81. The number of nitrogens with one attached hydrogen (secondary N) is 1. The zero-order chi connectivity index (χ0) is 14.7. The molecular formula is C19H24N2. The first-order valence-electron chi connectivity index (χ1n) is 7.89. The number of fused-ring (bicyclic) bond motifs is 1. The van der Waals surface area contributed by atoms with Gasteiger partial charge in [0, 0.05) is 25.3 Å². The van der Waals surface area contributed by atoms with Crippen molar-refractivity contribution in [3.8, 4) is 0 Å². The van der Waals surface area contributed by atoms with Crippen molar-refractivity contribution < 1.29 is 0 Å². The van der Waals surface area contributed by atoms with Crippen LogP contribution in [0, 0.1) is 6.92 Å². The predicted molar refractivity (Wildman–Crippen MR) is 89.8 cm³/mol. The maximum Gasteiger partial charge on any atom is 0.0429 e. The van der Waals surface area contributed by atoms with Gasteiger partial charge < -0.3 is 10.2 Å². The van der Waals surface area contributed by atoms with E-state index in [4.69, 9.17) is 0 Å². The third-order valence-electron chi connectivity index (χ3n) is 4.28. The van der Waals surface area contributed by atoms with Crippen molar-refractivity contribution in [2.75, 3.05) is 18.0 Å². The minimum absolute atomic E-state index is 0.979. The number of benzene rings is 2. The van der Waals surface area contributed by atoms with Crippen molar-refractivity contribution in [3.05, 3.63) is 64.7 Å². The minimum Gasteiger partial charge on any atom is -0.367 e. The minimum atomic E-state index is 0.979. The van der Waals surface area contributed by atoms with Gasteiger partial charge in [-0.05, 0) is 61.2 Å². The Hall–Kier alpha value is -1.80. The van der Waals surface area contributed by atoms with Crippen LogP contribution in [0.15, 0.2) is 42.5 Å². The fourth-order valence-corrected chi connectivity index (χ4v) is 3.06. The van der Waals surface area contributed by atoms with Crippen LogP contribution in [0.4, 0.5) is 5.69 Å². The molecule has 0 spiro atoms. The highest BCUT2D eigenvalue weighted by molar-refractivity contribution is 5.49. The monoisotopic (exact) mass is 280 g/mol. The lowest BCUT2D eigenvalue weighted by atomic mass is 9.98. The van der Waals surface area contributed by atoms with E-state index in [1.807, 2.05) is 0 Å². The third-order valence-corrected chi connectivity index (χ3v) is 4.28. The van der Waals surface area contributed by atoms with Gasteiger partial charge in [-0.15, -0.1) is 0 Å². The molecule has 3 rings (SSSR count). The van der Waals surface area contributed by atoms with E-state index < -0.39 is 0 Å². The Labute approximate surface area is 127 Å². The van der Waals surface area contributed by atoms with Gasteiger partial charge in [-0.1, -0.05) is 30.3 Å². The zero-order valence-electron chi connectivity index (χ0n) is 13.0. The van der Waals surface area contributed by atoms with E-state index in [9.17, 15) is 0 Å². The molecule has 0 radical (unpaired) electrons. The first kappa shape index (κ1) is 14.2. The molecule has 0 aliphatic carbocycles. The van der Waals surface area contributed by atoms with E-state index >= 15 is 0 Å². The molecule has 2 aromatic carbocycles. The second kappa shape index (κ2) is 6.31. The van der Waals surface area contributed by atoms with E-state index in [0.717, 1.165) is 32.6 Å². The third kappa shape index (κ3) is 3.27. The van der Waals surface area contributed by atoms with Crippen LogP contribution in [0.25, 0.3) is 0 Å². The van der Waals surface area contributed by atoms with E-state index in [1.54, 1.807) is 0 Å². The fraction of sp³-hybridized carbons (Fsp3) is 0.368. The van der Waals surface area contributed by atoms with Crippen LogP contribution in [0.3, 0.4) is 0 Å². The summed E-state index contributed by atoms with van der Waals surface area (Å²) in [6.07, 6.45) is 1.16. The summed E-state index contributed by atoms with van der Waals surface area (Å²) in [5, 5.41) is 3.46. The molecule has 110 valence electrons. The molecule has 21 heavy (non-hydrogen) atoms. The summed E-state index contributed by atoms with van der Waals surface area (Å²) in [4.78, 5) is 2.44. The van der Waals surface area contributed by atoms with Gasteiger partial charge in [0.15, 0.2) is 0 Å². The zero-order valence-corrected chi connectivity index (χ0v) is 13.0. The number of nitrogens with zero attached hydrogens (tertiary/aromatic N) is 1. The highest BCUT2D eigenvalue weighted by atomic mass is 15.1. The summed E-state index contributed by atoms with van der Waals surface area (Å²) >= 11 is 0.